The molecule has 0 saturated carbocycles. The van der Waals surface area contributed by atoms with Gasteiger partial charge in [0.25, 0.3) is 0 Å². The minimum absolute atomic E-state index is 0.0460. The Balaban J connectivity index is 1.74. The number of nitrogens with one attached hydrogen (secondary N) is 2. The Morgan fingerprint density at radius 1 is 1.63 bits per heavy atom. The predicted molar refractivity (Wildman–Crippen MR) is 73.7 cm³/mol. The Hall–Kier alpha value is -1.56. The van der Waals surface area contributed by atoms with Gasteiger partial charge >= 0.3 is 6.03 Å². The molecule has 2 rings (SSSR count). The molecule has 1 saturated heterocycles. The van der Waals surface area contributed by atoms with Crippen LogP contribution in [0.25, 0.3) is 0 Å². The number of imidazole rings is 1. The third kappa shape index (κ3) is 3.96. The summed E-state index contributed by atoms with van der Waals surface area (Å²) in [6.07, 6.45) is 7.14. The molecule has 2 amide bonds. The third-order valence-electron chi connectivity index (χ3n) is 3.70. The number of carbonyl (C=O) groups is 1. The van der Waals surface area contributed by atoms with Crippen LogP contribution in [0.1, 0.15) is 25.1 Å². The first-order valence-electron chi connectivity index (χ1n) is 6.84. The maximum Gasteiger partial charge on any atom is 0.317 e. The number of piperidine rings is 1. The lowest BCUT2D eigenvalue weighted by Crippen LogP contribution is -2.47. The number of aromatic nitrogens is 2. The van der Waals surface area contributed by atoms with E-state index in [9.17, 15) is 4.79 Å². The molecule has 0 radical (unpaired) electrons. The molecule has 6 nitrogen and oxygen atoms in total. The van der Waals surface area contributed by atoms with E-state index < -0.39 is 0 Å². The Morgan fingerprint density at radius 2 is 2.47 bits per heavy atom. The van der Waals surface area contributed by atoms with Crippen LogP contribution in [0.4, 0.5) is 4.79 Å². The quantitative estimate of drug-likeness (QED) is 0.855. The highest BCUT2D eigenvalue weighted by molar-refractivity contribution is 5.73. The van der Waals surface area contributed by atoms with Crippen molar-refractivity contribution >= 4 is 6.03 Å². The summed E-state index contributed by atoms with van der Waals surface area (Å²) in [6, 6.07) is 0.421. The van der Waals surface area contributed by atoms with Gasteiger partial charge in [-0.1, -0.05) is 6.42 Å². The molecule has 1 fully saturated rings. The first kappa shape index (κ1) is 13.9. The second-order valence-electron chi connectivity index (χ2n) is 5.21. The molecular formula is C13H23N5O. The molecule has 2 N–H and O–H groups in total. The highest BCUT2D eigenvalue weighted by atomic mass is 16.2. The SMILES string of the molecule is CN(Cc1ncc[nH]1)C(=O)NC[C@@H]1CCCCN1C. The van der Waals surface area contributed by atoms with Crippen LogP contribution in [0, 0.1) is 0 Å². The second-order valence-corrected chi connectivity index (χ2v) is 5.21. The Morgan fingerprint density at radius 3 is 3.16 bits per heavy atom. The lowest BCUT2D eigenvalue weighted by molar-refractivity contribution is 0.171. The number of H-pyrrole nitrogens is 1. The minimum atomic E-state index is -0.0460. The van der Waals surface area contributed by atoms with Crippen molar-refractivity contribution in [1.82, 2.24) is 25.1 Å². The fourth-order valence-electron chi connectivity index (χ4n) is 2.42. The number of hydrogen-bond donors (Lipinski definition) is 2. The molecule has 6 heteroatoms. The number of urea groups is 1. The maximum atomic E-state index is 12.0. The van der Waals surface area contributed by atoms with E-state index >= 15 is 0 Å². The minimum Gasteiger partial charge on any atom is -0.347 e. The summed E-state index contributed by atoms with van der Waals surface area (Å²) in [7, 11) is 3.91. The van der Waals surface area contributed by atoms with E-state index in [-0.39, 0.29) is 6.03 Å². The van der Waals surface area contributed by atoms with Gasteiger partial charge in [0.1, 0.15) is 5.82 Å². The summed E-state index contributed by atoms with van der Waals surface area (Å²) in [6.45, 7) is 2.35. The maximum absolute atomic E-state index is 12.0. The molecule has 1 aliphatic heterocycles. The van der Waals surface area contributed by atoms with Gasteiger partial charge in [-0.15, -0.1) is 0 Å². The highest BCUT2D eigenvalue weighted by Crippen LogP contribution is 2.14. The van der Waals surface area contributed by atoms with Crippen molar-refractivity contribution in [1.29, 1.82) is 0 Å². The zero-order valence-corrected chi connectivity index (χ0v) is 11.7. The van der Waals surface area contributed by atoms with Crippen molar-refractivity contribution in [3.63, 3.8) is 0 Å². The van der Waals surface area contributed by atoms with Crippen LogP contribution in [0.3, 0.4) is 0 Å². The van der Waals surface area contributed by atoms with Crippen LogP contribution < -0.4 is 5.32 Å². The molecule has 106 valence electrons. The van der Waals surface area contributed by atoms with Gasteiger partial charge in [0.2, 0.25) is 0 Å². The van der Waals surface area contributed by atoms with Crippen LogP contribution in [-0.2, 0) is 6.54 Å². The van der Waals surface area contributed by atoms with E-state index in [1.54, 1.807) is 24.3 Å². The molecular weight excluding hydrogens is 242 g/mol. The largest absolute Gasteiger partial charge is 0.347 e. The monoisotopic (exact) mass is 265 g/mol. The lowest BCUT2D eigenvalue weighted by atomic mass is 10.0. The third-order valence-corrected chi connectivity index (χ3v) is 3.70. The molecule has 2 heterocycles. The van der Waals surface area contributed by atoms with Crippen LogP contribution in [-0.4, -0.2) is 59.0 Å². The molecule has 0 spiro atoms. The van der Waals surface area contributed by atoms with Gasteiger partial charge in [-0.05, 0) is 26.4 Å². The van der Waals surface area contributed by atoms with E-state index in [0.717, 1.165) is 18.9 Å². The Bertz CT molecular complexity index is 392. The molecule has 0 aromatic carbocycles. The van der Waals surface area contributed by atoms with E-state index in [1.165, 1.54) is 19.3 Å². The summed E-state index contributed by atoms with van der Waals surface area (Å²) in [5, 5.41) is 3.00. The second kappa shape index (κ2) is 6.56. The highest BCUT2D eigenvalue weighted by Gasteiger charge is 2.20. The number of carbonyl (C=O) groups excluding carboxylic acids is 1. The first-order valence-corrected chi connectivity index (χ1v) is 6.84. The summed E-state index contributed by atoms with van der Waals surface area (Å²) >= 11 is 0. The Labute approximate surface area is 114 Å². The van der Waals surface area contributed by atoms with E-state index in [4.69, 9.17) is 0 Å². The molecule has 1 atom stereocenters. The topological polar surface area (TPSA) is 64.3 Å². The lowest BCUT2D eigenvalue weighted by Gasteiger charge is -2.32. The van der Waals surface area contributed by atoms with Gasteiger partial charge in [-0.25, -0.2) is 9.78 Å². The molecule has 0 aliphatic carbocycles. The number of aromatic amines is 1. The molecule has 1 aromatic heterocycles. The number of nitrogens with zero attached hydrogens (tertiary/aromatic N) is 3. The average molecular weight is 265 g/mol. The Kier molecular flexibility index (Phi) is 4.79. The molecule has 0 bridgehead atoms. The van der Waals surface area contributed by atoms with Gasteiger partial charge in [0.15, 0.2) is 0 Å². The van der Waals surface area contributed by atoms with E-state index in [2.05, 4.69) is 27.2 Å². The van der Waals surface area contributed by atoms with Crippen molar-refractivity contribution in [2.75, 3.05) is 27.2 Å². The summed E-state index contributed by atoms with van der Waals surface area (Å²) in [5.74, 6) is 0.799. The standard InChI is InChI=1S/C13H23N5O/c1-17-8-4-3-5-11(17)9-16-13(19)18(2)10-12-14-6-7-15-12/h6-7,11H,3-5,8-10H2,1-2H3,(H,14,15)(H,16,19)/t11-/m0/s1. The number of amides is 2. The van der Waals surface area contributed by atoms with Gasteiger partial charge in [0, 0.05) is 32.0 Å². The van der Waals surface area contributed by atoms with Crippen LogP contribution in [0.2, 0.25) is 0 Å². The molecule has 1 aromatic rings. The fourth-order valence-corrected chi connectivity index (χ4v) is 2.42. The number of likely N-dealkylation sites (N-methyl/N-ethyl adjacent to an activating group) is 1. The van der Waals surface area contributed by atoms with E-state index in [0.29, 0.717) is 12.6 Å². The average Bonchev–Trinajstić information content (AvgIpc) is 2.90. The molecule has 19 heavy (non-hydrogen) atoms. The summed E-state index contributed by atoms with van der Waals surface area (Å²) < 4.78 is 0. The summed E-state index contributed by atoms with van der Waals surface area (Å²) in [4.78, 5) is 23.1. The number of likely N-dealkylation sites (tertiary alicyclic amines) is 1. The fraction of sp³-hybridized carbons (Fsp3) is 0.692. The van der Waals surface area contributed by atoms with Crippen LogP contribution >= 0.6 is 0 Å². The predicted octanol–water partition coefficient (Wildman–Crippen LogP) is 1.04. The molecule has 1 aliphatic rings. The first-order chi connectivity index (χ1) is 9.16. The summed E-state index contributed by atoms with van der Waals surface area (Å²) in [5.41, 5.74) is 0. The van der Waals surface area contributed by atoms with Crippen LogP contribution in [0.5, 0.6) is 0 Å². The van der Waals surface area contributed by atoms with Crippen molar-refractivity contribution in [2.45, 2.75) is 31.8 Å². The van der Waals surface area contributed by atoms with Crippen molar-refractivity contribution in [2.24, 2.45) is 0 Å². The van der Waals surface area contributed by atoms with Crippen molar-refractivity contribution < 1.29 is 4.79 Å². The van der Waals surface area contributed by atoms with Crippen LogP contribution in [0.15, 0.2) is 12.4 Å². The van der Waals surface area contributed by atoms with E-state index in [1.807, 2.05) is 0 Å². The zero-order chi connectivity index (χ0) is 13.7. The number of hydrogen-bond acceptors (Lipinski definition) is 3. The van der Waals surface area contributed by atoms with Gasteiger partial charge < -0.3 is 20.1 Å². The normalized spacial score (nSPS) is 20.2. The van der Waals surface area contributed by atoms with Gasteiger partial charge in [0.05, 0.1) is 6.54 Å². The van der Waals surface area contributed by atoms with Crippen molar-refractivity contribution in [3.8, 4) is 0 Å². The number of rotatable bonds is 4. The smallest absolute Gasteiger partial charge is 0.317 e. The van der Waals surface area contributed by atoms with Gasteiger partial charge in [-0.2, -0.15) is 0 Å². The zero-order valence-electron chi connectivity index (χ0n) is 11.7. The molecule has 0 unspecified atom stereocenters. The van der Waals surface area contributed by atoms with Crippen molar-refractivity contribution in [3.05, 3.63) is 18.2 Å². The van der Waals surface area contributed by atoms with Gasteiger partial charge in [-0.3, -0.25) is 0 Å².